The molecule has 0 aromatic heterocycles. The van der Waals surface area contributed by atoms with Crippen molar-refractivity contribution in [2.75, 3.05) is 11.9 Å². The van der Waals surface area contributed by atoms with E-state index < -0.39 is 11.7 Å². The largest absolute Gasteiger partial charge is 0.489 e. The fourth-order valence-electron chi connectivity index (χ4n) is 2.65. The lowest BCUT2D eigenvalue weighted by molar-refractivity contribution is -0.138. The summed E-state index contributed by atoms with van der Waals surface area (Å²) in [6, 6.07) is 9.52. The summed E-state index contributed by atoms with van der Waals surface area (Å²) in [6.07, 6.45) is -3.63. The third-order valence-electron chi connectivity index (χ3n) is 4.01. The molecule has 0 saturated carbocycles. The number of halogens is 3. The number of hydrogen-bond acceptors (Lipinski definition) is 3. The maximum absolute atomic E-state index is 13.5. The Bertz CT molecular complexity index is 806. The van der Waals surface area contributed by atoms with Gasteiger partial charge in [0.25, 0.3) is 5.17 Å². The van der Waals surface area contributed by atoms with E-state index in [9.17, 15) is 13.2 Å². The van der Waals surface area contributed by atoms with Gasteiger partial charge in [-0.25, -0.2) is 0 Å². The van der Waals surface area contributed by atoms with Crippen LogP contribution in [0.1, 0.15) is 36.1 Å². The molecule has 3 nitrogen and oxygen atoms in total. The van der Waals surface area contributed by atoms with E-state index in [0.29, 0.717) is 12.4 Å². The minimum absolute atomic E-state index is 0.0153. The first-order chi connectivity index (χ1) is 12.8. The van der Waals surface area contributed by atoms with Crippen molar-refractivity contribution in [3.8, 4) is 5.75 Å². The van der Waals surface area contributed by atoms with E-state index in [2.05, 4.69) is 5.32 Å². The fourth-order valence-corrected chi connectivity index (χ4v) is 2.87. The van der Waals surface area contributed by atoms with E-state index in [0.717, 1.165) is 23.6 Å². The molecule has 2 aromatic carbocycles. The van der Waals surface area contributed by atoms with Crippen LogP contribution < -0.4 is 10.1 Å². The molecule has 146 valence electrons. The second kappa shape index (κ2) is 9.08. The number of aryl methyl sites for hydroxylation is 2. The van der Waals surface area contributed by atoms with Crippen molar-refractivity contribution in [1.82, 2.24) is 0 Å². The monoisotopic (exact) mass is 397 g/mol. The van der Waals surface area contributed by atoms with Crippen molar-refractivity contribution in [2.45, 2.75) is 40.0 Å². The van der Waals surface area contributed by atoms with E-state index in [4.69, 9.17) is 21.7 Å². The molecule has 0 heterocycles. The Morgan fingerprint density at radius 2 is 1.89 bits per heavy atom. The molecule has 0 unspecified atom stereocenters. The smallest absolute Gasteiger partial charge is 0.416 e. The fraction of sp³-hybridized carbons (Fsp3) is 0.350. The topological polar surface area (TPSA) is 30.5 Å². The summed E-state index contributed by atoms with van der Waals surface area (Å²) in [4.78, 5) is 0. The molecule has 2 aromatic rings. The van der Waals surface area contributed by atoms with Crippen molar-refractivity contribution in [2.24, 2.45) is 0 Å². The molecule has 0 aliphatic rings. The molecular formula is C20H22F3NO2S. The number of nitrogens with one attached hydrogen (secondary N) is 1. The predicted molar refractivity (Wildman–Crippen MR) is 104 cm³/mol. The number of hydrogen-bond donors (Lipinski definition) is 1. The third kappa shape index (κ3) is 5.60. The molecular weight excluding hydrogens is 375 g/mol. The SMILES string of the molecule is CCOC(=S)Nc1cccc(C(F)(F)F)c1COc1ccc(CC)cc1C. The van der Waals surface area contributed by atoms with Gasteiger partial charge in [-0.1, -0.05) is 25.1 Å². The van der Waals surface area contributed by atoms with Gasteiger partial charge in [-0.05, 0) is 61.8 Å². The molecule has 0 atom stereocenters. The van der Waals surface area contributed by atoms with Crippen molar-refractivity contribution >= 4 is 23.1 Å². The van der Waals surface area contributed by atoms with Gasteiger partial charge in [0.05, 0.1) is 12.2 Å². The highest BCUT2D eigenvalue weighted by Crippen LogP contribution is 2.36. The Kier molecular flexibility index (Phi) is 7.07. The van der Waals surface area contributed by atoms with Crippen LogP contribution in [0.15, 0.2) is 36.4 Å². The normalized spacial score (nSPS) is 11.2. The van der Waals surface area contributed by atoms with Gasteiger partial charge in [-0.3, -0.25) is 0 Å². The number of anilines is 1. The van der Waals surface area contributed by atoms with Crippen molar-refractivity contribution < 1.29 is 22.6 Å². The zero-order valence-corrected chi connectivity index (χ0v) is 16.3. The maximum Gasteiger partial charge on any atom is 0.416 e. The van der Waals surface area contributed by atoms with Crippen LogP contribution in [0.2, 0.25) is 0 Å². The first-order valence-corrected chi connectivity index (χ1v) is 9.02. The minimum atomic E-state index is -4.51. The second-order valence-electron chi connectivity index (χ2n) is 5.92. The number of rotatable bonds is 6. The van der Waals surface area contributed by atoms with Crippen molar-refractivity contribution in [3.63, 3.8) is 0 Å². The van der Waals surface area contributed by atoms with E-state index >= 15 is 0 Å². The van der Waals surface area contributed by atoms with Crippen molar-refractivity contribution in [3.05, 3.63) is 58.7 Å². The van der Waals surface area contributed by atoms with Gasteiger partial charge >= 0.3 is 6.18 Å². The van der Waals surface area contributed by atoms with Crippen LogP contribution in [0.3, 0.4) is 0 Å². The molecule has 2 rings (SSSR count). The van der Waals surface area contributed by atoms with Crippen molar-refractivity contribution in [1.29, 1.82) is 0 Å². The highest BCUT2D eigenvalue weighted by Gasteiger charge is 2.34. The molecule has 0 bridgehead atoms. The molecule has 0 aliphatic heterocycles. The summed E-state index contributed by atoms with van der Waals surface area (Å²) in [7, 11) is 0. The molecule has 0 radical (unpaired) electrons. The Morgan fingerprint density at radius 3 is 2.48 bits per heavy atom. The van der Waals surface area contributed by atoms with Gasteiger partial charge < -0.3 is 14.8 Å². The van der Waals surface area contributed by atoms with E-state index in [1.54, 1.807) is 13.0 Å². The summed E-state index contributed by atoms with van der Waals surface area (Å²) >= 11 is 5.00. The average Bonchev–Trinajstić information content (AvgIpc) is 2.60. The van der Waals surface area contributed by atoms with Crippen LogP contribution in [0.4, 0.5) is 18.9 Å². The van der Waals surface area contributed by atoms with Gasteiger partial charge in [0.1, 0.15) is 12.4 Å². The number of alkyl halides is 3. The average molecular weight is 397 g/mol. The number of thiocarbonyl (C=S) groups is 1. The summed E-state index contributed by atoms with van der Waals surface area (Å²) < 4.78 is 51.3. The van der Waals surface area contributed by atoms with Gasteiger partial charge in [0, 0.05) is 11.3 Å². The third-order valence-corrected chi connectivity index (χ3v) is 4.23. The predicted octanol–water partition coefficient (Wildman–Crippen LogP) is 5.89. The molecule has 0 saturated heterocycles. The van der Waals surface area contributed by atoms with Crippen LogP contribution in [-0.4, -0.2) is 11.8 Å². The standard InChI is InChI=1S/C20H22F3NO2S/c1-4-14-9-10-18(13(3)11-14)26-12-15-16(20(21,22)23)7-6-8-17(15)24-19(27)25-5-2/h6-11H,4-5,12H2,1-3H3,(H,24,27). The Labute approximate surface area is 162 Å². The van der Waals surface area contributed by atoms with Gasteiger partial charge in [0.15, 0.2) is 0 Å². The second-order valence-corrected chi connectivity index (χ2v) is 6.29. The lowest BCUT2D eigenvalue weighted by Crippen LogP contribution is -2.18. The first-order valence-electron chi connectivity index (χ1n) is 8.61. The molecule has 0 aliphatic carbocycles. The lowest BCUT2D eigenvalue weighted by Gasteiger charge is -2.19. The molecule has 7 heteroatoms. The molecule has 0 amide bonds. The molecule has 27 heavy (non-hydrogen) atoms. The summed E-state index contributed by atoms with van der Waals surface area (Å²) in [5.41, 5.74) is 1.44. The van der Waals surface area contributed by atoms with Crippen LogP contribution in [0.5, 0.6) is 5.75 Å². The van der Waals surface area contributed by atoms with Crippen LogP contribution in [0.25, 0.3) is 0 Å². The quantitative estimate of drug-likeness (QED) is 0.616. The Hall–Kier alpha value is -2.28. The highest BCUT2D eigenvalue weighted by atomic mass is 32.1. The molecule has 0 spiro atoms. The highest BCUT2D eigenvalue weighted by molar-refractivity contribution is 7.80. The summed E-state index contributed by atoms with van der Waals surface area (Å²) in [5, 5.41) is 2.74. The van der Waals surface area contributed by atoms with Gasteiger partial charge in [-0.15, -0.1) is 0 Å². The minimum Gasteiger partial charge on any atom is -0.489 e. The summed E-state index contributed by atoms with van der Waals surface area (Å²) in [5.74, 6) is 0.544. The number of ether oxygens (including phenoxy) is 2. The molecule has 0 fully saturated rings. The zero-order valence-electron chi connectivity index (χ0n) is 15.4. The lowest BCUT2D eigenvalue weighted by atomic mass is 10.0. The van der Waals surface area contributed by atoms with Crippen LogP contribution in [-0.2, 0) is 23.9 Å². The maximum atomic E-state index is 13.5. The first kappa shape index (κ1) is 21.0. The molecule has 1 N–H and O–H groups in total. The van der Waals surface area contributed by atoms with Gasteiger partial charge in [-0.2, -0.15) is 13.2 Å². The van der Waals surface area contributed by atoms with E-state index in [1.165, 1.54) is 12.1 Å². The van der Waals surface area contributed by atoms with Gasteiger partial charge in [0.2, 0.25) is 0 Å². The zero-order chi connectivity index (χ0) is 20.0. The Morgan fingerprint density at radius 1 is 1.15 bits per heavy atom. The van der Waals surface area contributed by atoms with E-state index in [1.807, 2.05) is 26.0 Å². The van der Waals surface area contributed by atoms with Crippen LogP contribution in [0, 0.1) is 6.92 Å². The van der Waals surface area contributed by atoms with Crippen LogP contribution >= 0.6 is 12.2 Å². The van der Waals surface area contributed by atoms with E-state index in [-0.39, 0.29) is 23.0 Å². The Balaban J connectivity index is 2.33. The number of benzene rings is 2. The summed E-state index contributed by atoms with van der Waals surface area (Å²) in [6.45, 7) is 5.72.